The third-order valence-corrected chi connectivity index (χ3v) is 2.38. The largest absolute Gasteiger partial charge is 0.437 e. The fourth-order valence-electron chi connectivity index (χ4n) is 1.40. The van der Waals surface area contributed by atoms with Gasteiger partial charge in [-0.3, -0.25) is 4.68 Å². The Kier molecular flexibility index (Phi) is 2.36. The molecule has 0 radical (unpaired) electrons. The van der Waals surface area contributed by atoms with Crippen molar-refractivity contribution in [2.45, 2.75) is 19.0 Å². The third kappa shape index (κ3) is 2.43. The number of alkyl halides is 3. The summed E-state index contributed by atoms with van der Waals surface area (Å²) in [7, 11) is 1.48. The Balaban J connectivity index is 2.13. The Morgan fingerprint density at radius 3 is 2.73 bits per heavy atom. The van der Waals surface area contributed by atoms with E-state index < -0.39 is 11.9 Å². The van der Waals surface area contributed by atoms with E-state index in [-0.39, 0.29) is 5.69 Å². The Hall–Kier alpha value is -1.20. The quantitative estimate of drug-likeness (QED) is 0.845. The van der Waals surface area contributed by atoms with Crippen LogP contribution in [0.1, 0.15) is 18.5 Å². The minimum absolute atomic E-state index is 0.0805. The van der Waals surface area contributed by atoms with Crippen LogP contribution in [-0.4, -0.2) is 16.3 Å². The number of halogens is 3. The Morgan fingerprint density at radius 2 is 2.20 bits per heavy atom. The van der Waals surface area contributed by atoms with Gasteiger partial charge in [-0.2, -0.15) is 18.3 Å². The molecule has 1 aromatic heterocycles. The maximum atomic E-state index is 12.5. The minimum Gasteiger partial charge on any atom is -0.382 e. The van der Waals surface area contributed by atoms with Crippen LogP contribution < -0.4 is 5.32 Å². The van der Waals surface area contributed by atoms with E-state index in [0.717, 1.165) is 12.8 Å². The molecule has 2 rings (SSSR count). The maximum absolute atomic E-state index is 12.5. The van der Waals surface area contributed by atoms with Gasteiger partial charge in [-0.05, 0) is 18.8 Å². The van der Waals surface area contributed by atoms with Crippen LogP contribution >= 0.6 is 0 Å². The van der Waals surface area contributed by atoms with Crippen LogP contribution in [-0.2, 0) is 13.2 Å². The van der Waals surface area contributed by atoms with Crippen molar-refractivity contribution < 1.29 is 13.2 Å². The molecular weight excluding hydrogens is 207 g/mol. The molecule has 0 atom stereocenters. The normalized spacial score (nSPS) is 16.8. The van der Waals surface area contributed by atoms with Gasteiger partial charge in [0.2, 0.25) is 0 Å². The molecule has 1 saturated carbocycles. The predicted molar refractivity (Wildman–Crippen MR) is 49.4 cm³/mol. The zero-order valence-corrected chi connectivity index (χ0v) is 8.30. The molecule has 3 nitrogen and oxygen atoms in total. The SMILES string of the molecule is Cn1cc(NCC2CC2)c(C(F)(F)F)n1. The highest BCUT2D eigenvalue weighted by Crippen LogP contribution is 2.35. The Morgan fingerprint density at radius 1 is 1.53 bits per heavy atom. The molecule has 1 N–H and O–H groups in total. The van der Waals surface area contributed by atoms with E-state index in [9.17, 15) is 13.2 Å². The molecule has 15 heavy (non-hydrogen) atoms. The lowest BCUT2D eigenvalue weighted by Gasteiger charge is -2.07. The summed E-state index contributed by atoms with van der Waals surface area (Å²) >= 11 is 0. The first-order valence-corrected chi connectivity index (χ1v) is 4.81. The van der Waals surface area contributed by atoms with E-state index in [0.29, 0.717) is 12.5 Å². The number of aromatic nitrogens is 2. The predicted octanol–water partition coefficient (Wildman–Crippen LogP) is 2.26. The second-order valence-corrected chi connectivity index (χ2v) is 3.89. The summed E-state index contributed by atoms with van der Waals surface area (Å²) in [5.41, 5.74) is -0.748. The summed E-state index contributed by atoms with van der Waals surface area (Å²) in [4.78, 5) is 0. The minimum atomic E-state index is -4.38. The van der Waals surface area contributed by atoms with E-state index in [4.69, 9.17) is 0 Å². The van der Waals surface area contributed by atoms with Gasteiger partial charge in [0.15, 0.2) is 5.69 Å². The molecule has 6 heteroatoms. The van der Waals surface area contributed by atoms with Crippen molar-refractivity contribution in [2.75, 3.05) is 11.9 Å². The number of anilines is 1. The van der Waals surface area contributed by atoms with E-state index in [1.54, 1.807) is 0 Å². The molecule has 0 unspecified atom stereocenters. The van der Waals surface area contributed by atoms with Gasteiger partial charge >= 0.3 is 6.18 Å². The fourth-order valence-corrected chi connectivity index (χ4v) is 1.40. The average Bonchev–Trinajstić information content (AvgIpc) is 2.85. The maximum Gasteiger partial charge on any atom is 0.437 e. The van der Waals surface area contributed by atoms with Crippen molar-refractivity contribution in [3.8, 4) is 0 Å². The Labute approximate surface area is 85.3 Å². The van der Waals surface area contributed by atoms with Gasteiger partial charge in [0.25, 0.3) is 0 Å². The second kappa shape index (κ2) is 3.43. The first-order chi connectivity index (χ1) is 6.97. The van der Waals surface area contributed by atoms with E-state index >= 15 is 0 Å². The summed E-state index contributed by atoms with van der Waals surface area (Å²) in [6.45, 7) is 0.606. The lowest BCUT2D eigenvalue weighted by atomic mass is 10.3. The Bertz CT molecular complexity index is 352. The molecular formula is C9H12F3N3. The van der Waals surface area contributed by atoms with Gasteiger partial charge in [-0.25, -0.2) is 0 Å². The summed E-state index contributed by atoms with van der Waals surface area (Å²) < 4.78 is 38.6. The van der Waals surface area contributed by atoms with E-state index in [1.807, 2.05) is 0 Å². The zero-order chi connectivity index (χ0) is 11.1. The summed E-state index contributed by atoms with van der Waals surface area (Å²) in [6.07, 6.45) is -0.804. The molecule has 1 aliphatic rings. The zero-order valence-electron chi connectivity index (χ0n) is 8.30. The summed E-state index contributed by atoms with van der Waals surface area (Å²) in [6, 6.07) is 0. The molecule has 1 fully saturated rings. The average molecular weight is 219 g/mol. The van der Waals surface area contributed by atoms with E-state index in [2.05, 4.69) is 10.4 Å². The van der Waals surface area contributed by atoms with Crippen LogP contribution in [0.2, 0.25) is 0 Å². The van der Waals surface area contributed by atoms with Crippen molar-refractivity contribution in [2.24, 2.45) is 13.0 Å². The number of nitrogens with zero attached hydrogens (tertiary/aromatic N) is 2. The van der Waals surface area contributed by atoms with Gasteiger partial charge in [0, 0.05) is 19.8 Å². The molecule has 0 amide bonds. The number of aryl methyl sites for hydroxylation is 1. The first-order valence-electron chi connectivity index (χ1n) is 4.81. The first kappa shape index (κ1) is 10.3. The third-order valence-electron chi connectivity index (χ3n) is 2.38. The summed E-state index contributed by atoms with van der Waals surface area (Å²) in [5, 5.41) is 6.21. The number of hydrogen-bond donors (Lipinski definition) is 1. The van der Waals surface area contributed by atoms with Crippen molar-refractivity contribution in [3.05, 3.63) is 11.9 Å². The van der Waals surface area contributed by atoms with Crippen molar-refractivity contribution in [1.29, 1.82) is 0 Å². The van der Waals surface area contributed by atoms with Gasteiger partial charge < -0.3 is 5.32 Å². The summed E-state index contributed by atoms with van der Waals surface area (Å²) in [5.74, 6) is 0.534. The van der Waals surface area contributed by atoms with Crippen LogP contribution in [0.3, 0.4) is 0 Å². The highest BCUT2D eigenvalue weighted by Gasteiger charge is 2.37. The number of nitrogens with one attached hydrogen (secondary N) is 1. The second-order valence-electron chi connectivity index (χ2n) is 3.89. The van der Waals surface area contributed by atoms with Gasteiger partial charge in [0.1, 0.15) is 0 Å². The van der Waals surface area contributed by atoms with Crippen molar-refractivity contribution in [3.63, 3.8) is 0 Å². The number of hydrogen-bond acceptors (Lipinski definition) is 2. The molecule has 1 aromatic rings. The van der Waals surface area contributed by atoms with E-state index in [1.165, 1.54) is 17.9 Å². The standard InChI is InChI=1S/C9H12F3N3/c1-15-5-7(13-4-6-2-3-6)8(14-15)9(10,11)12/h5-6,13H,2-4H2,1H3. The fraction of sp³-hybridized carbons (Fsp3) is 0.667. The molecule has 0 spiro atoms. The highest BCUT2D eigenvalue weighted by atomic mass is 19.4. The van der Waals surface area contributed by atoms with Crippen LogP contribution in [0, 0.1) is 5.92 Å². The van der Waals surface area contributed by atoms with Crippen LogP contribution in [0.25, 0.3) is 0 Å². The lowest BCUT2D eigenvalue weighted by molar-refractivity contribution is -0.140. The van der Waals surface area contributed by atoms with Crippen LogP contribution in [0.4, 0.5) is 18.9 Å². The topological polar surface area (TPSA) is 29.9 Å². The lowest BCUT2D eigenvalue weighted by Crippen LogP contribution is -2.11. The van der Waals surface area contributed by atoms with Crippen molar-refractivity contribution in [1.82, 2.24) is 9.78 Å². The molecule has 0 saturated heterocycles. The van der Waals surface area contributed by atoms with Crippen molar-refractivity contribution >= 4 is 5.69 Å². The molecule has 1 aliphatic carbocycles. The van der Waals surface area contributed by atoms with Gasteiger partial charge in [-0.15, -0.1) is 0 Å². The van der Waals surface area contributed by atoms with Gasteiger partial charge in [0.05, 0.1) is 5.69 Å². The van der Waals surface area contributed by atoms with Gasteiger partial charge in [-0.1, -0.05) is 0 Å². The van der Waals surface area contributed by atoms with Crippen LogP contribution in [0.15, 0.2) is 6.20 Å². The molecule has 0 bridgehead atoms. The molecule has 0 aromatic carbocycles. The highest BCUT2D eigenvalue weighted by molar-refractivity contribution is 5.47. The monoisotopic (exact) mass is 219 g/mol. The molecule has 1 heterocycles. The smallest absolute Gasteiger partial charge is 0.382 e. The van der Waals surface area contributed by atoms with Crippen LogP contribution in [0.5, 0.6) is 0 Å². The molecule has 0 aliphatic heterocycles. The molecule has 84 valence electrons. The number of rotatable bonds is 3.